The van der Waals surface area contributed by atoms with Crippen LogP contribution in [0.15, 0.2) is 24.4 Å². The second kappa shape index (κ2) is 5.93. The van der Waals surface area contributed by atoms with E-state index < -0.39 is 11.6 Å². The average molecular weight is 265 g/mol. The molecule has 1 heterocycles. The van der Waals surface area contributed by atoms with Crippen molar-refractivity contribution in [2.45, 2.75) is 26.9 Å². The van der Waals surface area contributed by atoms with Gasteiger partial charge in [0.2, 0.25) is 0 Å². The van der Waals surface area contributed by atoms with Gasteiger partial charge in [-0.1, -0.05) is 6.92 Å². The van der Waals surface area contributed by atoms with E-state index in [9.17, 15) is 8.78 Å². The zero-order valence-electron chi connectivity index (χ0n) is 11.1. The van der Waals surface area contributed by atoms with Gasteiger partial charge >= 0.3 is 0 Å². The minimum Gasteiger partial charge on any atom is -0.313 e. The highest BCUT2D eigenvalue weighted by molar-refractivity contribution is 5.21. The molecular formula is C14H17F2N3. The van der Waals surface area contributed by atoms with Crippen LogP contribution in [0, 0.1) is 18.6 Å². The fourth-order valence-electron chi connectivity index (χ4n) is 1.91. The van der Waals surface area contributed by atoms with Gasteiger partial charge < -0.3 is 5.32 Å². The molecule has 1 N–H and O–H groups in total. The minimum atomic E-state index is -0.437. The third kappa shape index (κ3) is 3.38. The van der Waals surface area contributed by atoms with E-state index >= 15 is 0 Å². The number of hydrogen-bond donors (Lipinski definition) is 1. The summed E-state index contributed by atoms with van der Waals surface area (Å²) in [5, 5.41) is 7.53. The largest absolute Gasteiger partial charge is 0.313 e. The molecule has 19 heavy (non-hydrogen) atoms. The summed E-state index contributed by atoms with van der Waals surface area (Å²) in [6.07, 6.45) is 1.86. The highest BCUT2D eigenvalue weighted by Gasteiger charge is 2.08. The van der Waals surface area contributed by atoms with Crippen molar-refractivity contribution in [1.82, 2.24) is 15.1 Å². The predicted octanol–water partition coefficient (Wildman–Crippen LogP) is 2.63. The third-order valence-corrected chi connectivity index (χ3v) is 2.95. The summed E-state index contributed by atoms with van der Waals surface area (Å²) in [4.78, 5) is 0. The monoisotopic (exact) mass is 265 g/mol. The van der Waals surface area contributed by atoms with Crippen LogP contribution >= 0.6 is 0 Å². The summed E-state index contributed by atoms with van der Waals surface area (Å²) in [6.45, 7) is 5.78. The highest BCUT2D eigenvalue weighted by Crippen LogP contribution is 2.13. The molecule has 0 radical (unpaired) electrons. The first-order chi connectivity index (χ1) is 9.10. The zero-order valence-corrected chi connectivity index (χ0v) is 11.1. The lowest BCUT2D eigenvalue weighted by Gasteiger charge is -2.03. The summed E-state index contributed by atoms with van der Waals surface area (Å²) < 4.78 is 28.3. The van der Waals surface area contributed by atoms with Gasteiger partial charge in [-0.3, -0.25) is 4.68 Å². The van der Waals surface area contributed by atoms with Crippen LogP contribution in [0.2, 0.25) is 0 Å². The normalized spacial score (nSPS) is 10.9. The van der Waals surface area contributed by atoms with Crippen LogP contribution in [0.25, 0.3) is 0 Å². The molecule has 0 aliphatic rings. The van der Waals surface area contributed by atoms with Gasteiger partial charge in [-0.05, 0) is 31.7 Å². The molecule has 1 aromatic heterocycles. The molecule has 0 amide bonds. The molecule has 0 saturated carbocycles. The van der Waals surface area contributed by atoms with Gasteiger partial charge in [0.15, 0.2) is 0 Å². The van der Waals surface area contributed by atoms with E-state index in [2.05, 4.69) is 10.4 Å². The van der Waals surface area contributed by atoms with Gasteiger partial charge in [0, 0.05) is 23.9 Å². The molecule has 0 unspecified atom stereocenters. The lowest BCUT2D eigenvalue weighted by Crippen LogP contribution is -2.11. The predicted molar refractivity (Wildman–Crippen MR) is 69.8 cm³/mol. The first-order valence-corrected chi connectivity index (χ1v) is 6.27. The number of hydrogen-bond acceptors (Lipinski definition) is 2. The van der Waals surface area contributed by atoms with Gasteiger partial charge in [-0.2, -0.15) is 5.10 Å². The molecule has 5 heteroatoms. The molecule has 3 nitrogen and oxygen atoms in total. The SMILES string of the molecule is CCNCc1cn(Cc2cc(F)ccc2F)nc1C. The van der Waals surface area contributed by atoms with Gasteiger partial charge in [0.25, 0.3) is 0 Å². The van der Waals surface area contributed by atoms with Crippen LogP contribution in [0.1, 0.15) is 23.7 Å². The Hall–Kier alpha value is -1.75. The maximum atomic E-state index is 13.5. The van der Waals surface area contributed by atoms with Crippen molar-refractivity contribution < 1.29 is 8.78 Å². The van der Waals surface area contributed by atoms with Crippen molar-refractivity contribution in [1.29, 1.82) is 0 Å². The van der Waals surface area contributed by atoms with Crippen LogP contribution in [0.5, 0.6) is 0 Å². The molecule has 2 aromatic rings. The van der Waals surface area contributed by atoms with Crippen LogP contribution in [-0.4, -0.2) is 16.3 Å². The molecule has 0 fully saturated rings. The van der Waals surface area contributed by atoms with E-state index in [0.717, 1.165) is 36.5 Å². The Morgan fingerprint density at radius 3 is 2.79 bits per heavy atom. The molecule has 0 atom stereocenters. The molecule has 2 rings (SSSR count). The third-order valence-electron chi connectivity index (χ3n) is 2.95. The van der Waals surface area contributed by atoms with E-state index in [4.69, 9.17) is 0 Å². The van der Waals surface area contributed by atoms with Crippen LogP contribution in [0.4, 0.5) is 8.78 Å². The standard InChI is InChI=1S/C14H17F2N3/c1-3-17-7-12-9-19(18-10(12)2)8-11-6-13(15)4-5-14(11)16/h4-6,9,17H,3,7-8H2,1-2H3. The lowest BCUT2D eigenvalue weighted by atomic mass is 10.2. The summed E-state index contributed by atoms with van der Waals surface area (Å²) in [5.74, 6) is -0.851. The molecular weight excluding hydrogens is 248 g/mol. The van der Waals surface area contributed by atoms with E-state index in [1.54, 1.807) is 4.68 Å². The van der Waals surface area contributed by atoms with Crippen LogP contribution in [0.3, 0.4) is 0 Å². The second-order valence-electron chi connectivity index (χ2n) is 4.45. The molecule has 0 aliphatic heterocycles. The molecule has 1 aromatic carbocycles. The molecule has 0 spiro atoms. The number of halogens is 2. The Morgan fingerprint density at radius 1 is 1.26 bits per heavy atom. The molecule has 0 aliphatic carbocycles. The Kier molecular flexibility index (Phi) is 4.27. The molecule has 0 saturated heterocycles. The molecule has 102 valence electrons. The average Bonchev–Trinajstić information content (AvgIpc) is 2.72. The van der Waals surface area contributed by atoms with Crippen LogP contribution < -0.4 is 5.32 Å². The van der Waals surface area contributed by atoms with E-state index in [1.807, 2.05) is 20.0 Å². The fourth-order valence-corrected chi connectivity index (χ4v) is 1.91. The van der Waals surface area contributed by atoms with Crippen LogP contribution in [-0.2, 0) is 13.1 Å². The summed E-state index contributed by atoms with van der Waals surface area (Å²) in [6, 6.07) is 3.46. The van der Waals surface area contributed by atoms with Crippen molar-refractivity contribution in [3.8, 4) is 0 Å². The topological polar surface area (TPSA) is 29.9 Å². The summed E-state index contributed by atoms with van der Waals surface area (Å²) in [7, 11) is 0. The quantitative estimate of drug-likeness (QED) is 0.900. The van der Waals surface area contributed by atoms with Crippen molar-refractivity contribution in [3.05, 3.63) is 52.9 Å². The van der Waals surface area contributed by atoms with Gasteiger partial charge in [0.05, 0.1) is 12.2 Å². The Morgan fingerprint density at radius 2 is 2.05 bits per heavy atom. The summed E-state index contributed by atoms with van der Waals surface area (Å²) in [5.41, 5.74) is 2.27. The van der Waals surface area contributed by atoms with Gasteiger partial charge in [0.1, 0.15) is 11.6 Å². The fraction of sp³-hybridized carbons (Fsp3) is 0.357. The number of benzene rings is 1. The van der Waals surface area contributed by atoms with Crippen molar-refractivity contribution in [2.24, 2.45) is 0 Å². The maximum absolute atomic E-state index is 13.5. The van der Waals surface area contributed by atoms with E-state index in [1.165, 1.54) is 6.07 Å². The first-order valence-electron chi connectivity index (χ1n) is 6.27. The Balaban J connectivity index is 2.17. The second-order valence-corrected chi connectivity index (χ2v) is 4.45. The number of aromatic nitrogens is 2. The zero-order chi connectivity index (χ0) is 13.8. The smallest absolute Gasteiger partial charge is 0.128 e. The number of nitrogens with one attached hydrogen (secondary N) is 1. The maximum Gasteiger partial charge on any atom is 0.128 e. The number of aryl methyl sites for hydroxylation is 1. The Labute approximate surface area is 111 Å². The Bertz CT molecular complexity index is 564. The van der Waals surface area contributed by atoms with Gasteiger partial charge in [-0.25, -0.2) is 8.78 Å². The van der Waals surface area contributed by atoms with Crippen molar-refractivity contribution >= 4 is 0 Å². The summed E-state index contributed by atoms with van der Waals surface area (Å²) >= 11 is 0. The number of nitrogens with zero attached hydrogens (tertiary/aromatic N) is 2. The van der Waals surface area contributed by atoms with Crippen molar-refractivity contribution in [3.63, 3.8) is 0 Å². The minimum absolute atomic E-state index is 0.233. The van der Waals surface area contributed by atoms with Crippen molar-refractivity contribution in [2.75, 3.05) is 6.54 Å². The highest BCUT2D eigenvalue weighted by atomic mass is 19.1. The molecule has 0 bridgehead atoms. The lowest BCUT2D eigenvalue weighted by molar-refractivity contribution is 0.565. The van der Waals surface area contributed by atoms with E-state index in [0.29, 0.717) is 5.56 Å². The van der Waals surface area contributed by atoms with E-state index in [-0.39, 0.29) is 6.54 Å². The first kappa shape index (κ1) is 13.7. The van der Waals surface area contributed by atoms with Gasteiger partial charge in [-0.15, -0.1) is 0 Å². The number of rotatable bonds is 5.